The van der Waals surface area contributed by atoms with Gasteiger partial charge in [-0.25, -0.2) is 18.0 Å². The zero-order valence-electron chi connectivity index (χ0n) is 21.3. The molecule has 0 spiro atoms. The number of anilines is 1. The molecule has 0 heterocycles. The molecule has 0 saturated carbocycles. The molecular weight excluding hydrogens is 524 g/mol. The van der Waals surface area contributed by atoms with Crippen molar-refractivity contribution in [2.75, 3.05) is 29.7 Å². The summed E-state index contributed by atoms with van der Waals surface area (Å²) in [6.07, 6.45) is -0.531. The minimum Gasteiger partial charge on any atom is -0.460 e. The Balaban J connectivity index is 3.24. The van der Waals surface area contributed by atoms with Crippen molar-refractivity contribution in [1.29, 1.82) is 0 Å². The predicted octanol–water partition coefficient (Wildman–Crippen LogP) is 4.95. The monoisotopic (exact) mass is 556 g/mol. The molecule has 0 aliphatic carbocycles. The summed E-state index contributed by atoms with van der Waals surface area (Å²) < 4.78 is 55.0. The number of alkyl halides is 2. The van der Waals surface area contributed by atoms with Crippen molar-refractivity contribution in [3.05, 3.63) is 29.1 Å². The summed E-state index contributed by atoms with van der Waals surface area (Å²) in [5, 5.41) is 2.22. The summed E-state index contributed by atoms with van der Waals surface area (Å²) >= 11 is 11.3. The lowest BCUT2D eigenvalue weighted by atomic mass is 10.1. The third-order valence-electron chi connectivity index (χ3n) is 4.46. The number of nitrogens with one attached hydrogen (secondary N) is 1. The Kier molecular flexibility index (Phi) is 11.8. The second kappa shape index (κ2) is 13.4. The number of carbonyl (C=O) groups excluding carboxylic acids is 3. The fourth-order valence-electron chi connectivity index (χ4n) is 3.09. The second-order valence-electron chi connectivity index (χ2n) is 9.93. The number of halogens is 5. The summed E-state index contributed by atoms with van der Waals surface area (Å²) in [6.45, 7) is 9.73. The van der Waals surface area contributed by atoms with E-state index in [0.29, 0.717) is 6.07 Å². The van der Waals surface area contributed by atoms with Gasteiger partial charge < -0.3 is 19.7 Å². The molecule has 1 atom stereocenters. The van der Waals surface area contributed by atoms with Crippen LogP contribution in [0.25, 0.3) is 0 Å². The molecule has 0 aliphatic heterocycles. The predicted molar refractivity (Wildman–Crippen MR) is 132 cm³/mol. The van der Waals surface area contributed by atoms with Gasteiger partial charge in [0, 0.05) is 31.3 Å². The van der Waals surface area contributed by atoms with Crippen LogP contribution < -0.4 is 10.2 Å². The first kappa shape index (κ1) is 31.8. The fraction of sp³-hybridized carbons (Fsp3) is 0.625. The third-order valence-corrected chi connectivity index (χ3v) is 4.80. The van der Waals surface area contributed by atoms with Gasteiger partial charge in [-0.05, 0) is 54.0 Å². The number of amides is 1. The number of esters is 2. The molecule has 1 amide bonds. The van der Waals surface area contributed by atoms with Crippen LogP contribution >= 0.6 is 23.2 Å². The molecule has 36 heavy (non-hydrogen) atoms. The molecule has 0 radical (unpaired) electrons. The molecule has 0 fully saturated rings. The summed E-state index contributed by atoms with van der Waals surface area (Å²) in [6, 6.07) is -0.892. The first-order valence-corrected chi connectivity index (χ1v) is 12.4. The maximum absolute atomic E-state index is 14.9. The Morgan fingerprint density at radius 2 is 1.47 bits per heavy atom. The van der Waals surface area contributed by atoms with Crippen LogP contribution in [0.15, 0.2) is 6.07 Å². The highest BCUT2D eigenvalue weighted by Crippen LogP contribution is 2.28. The summed E-state index contributed by atoms with van der Waals surface area (Å²) in [7, 11) is 0. The Morgan fingerprint density at radius 1 is 0.944 bits per heavy atom. The average molecular weight is 557 g/mol. The van der Waals surface area contributed by atoms with Crippen LogP contribution in [-0.4, -0.2) is 59.9 Å². The lowest BCUT2D eigenvalue weighted by molar-refractivity contribution is -0.158. The SMILES string of the molecule is CC(C)(C)OC(=O)CC[C@H](NC(=O)c1cc(F)c(N(CCCl)CCCl)c(F)c1F)C(=O)OC(C)(C)C. The van der Waals surface area contributed by atoms with E-state index < -0.39 is 63.8 Å². The quantitative estimate of drug-likeness (QED) is 0.236. The van der Waals surface area contributed by atoms with Gasteiger partial charge in [0.05, 0.1) is 5.56 Å². The number of hydrogen-bond donors (Lipinski definition) is 1. The molecule has 0 aliphatic rings. The van der Waals surface area contributed by atoms with Crippen molar-refractivity contribution >= 4 is 46.7 Å². The minimum atomic E-state index is -1.62. The highest BCUT2D eigenvalue weighted by molar-refractivity contribution is 6.18. The van der Waals surface area contributed by atoms with Gasteiger partial charge in [-0.2, -0.15) is 0 Å². The minimum absolute atomic E-state index is 0.00512. The van der Waals surface area contributed by atoms with Gasteiger partial charge in [0.15, 0.2) is 17.5 Å². The topological polar surface area (TPSA) is 84.9 Å². The number of carbonyl (C=O) groups is 3. The maximum atomic E-state index is 14.9. The fourth-order valence-corrected chi connectivity index (χ4v) is 3.50. The Morgan fingerprint density at radius 3 is 1.94 bits per heavy atom. The second-order valence-corrected chi connectivity index (χ2v) is 10.7. The molecule has 1 aromatic rings. The van der Waals surface area contributed by atoms with Gasteiger partial charge in [0.25, 0.3) is 5.91 Å². The van der Waals surface area contributed by atoms with Crippen molar-refractivity contribution in [2.45, 2.75) is 71.6 Å². The molecule has 1 N–H and O–H groups in total. The van der Waals surface area contributed by atoms with E-state index in [1.54, 1.807) is 41.5 Å². The summed E-state index contributed by atoms with van der Waals surface area (Å²) in [5.41, 5.74) is -3.39. The van der Waals surface area contributed by atoms with Crippen LogP contribution in [0.4, 0.5) is 18.9 Å². The number of nitrogens with zero attached hydrogens (tertiary/aromatic N) is 1. The zero-order chi connectivity index (χ0) is 27.8. The van der Waals surface area contributed by atoms with Crippen LogP contribution in [0.2, 0.25) is 0 Å². The van der Waals surface area contributed by atoms with E-state index in [9.17, 15) is 27.6 Å². The van der Waals surface area contributed by atoms with E-state index in [1.807, 2.05) is 0 Å². The Bertz CT molecular complexity index is 943. The van der Waals surface area contributed by atoms with E-state index in [1.165, 1.54) is 0 Å². The molecule has 0 bridgehead atoms. The molecule has 1 aromatic carbocycles. The highest BCUT2D eigenvalue weighted by Gasteiger charge is 2.31. The first-order chi connectivity index (χ1) is 16.5. The smallest absolute Gasteiger partial charge is 0.329 e. The van der Waals surface area contributed by atoms with Crippen LogP contribution in [0, 0.1) is 17.5 Å². The normalized spacial score (nSPS) is 12.6. The van der Waals surface area contributed by atoms with E-state index in [-0.39, 0.29) is 37.7 Å². The van der Waals surface area contributed by atoms with E-state index in [4.69, 9.17) is 32.7 Å². The molecule has 0 saturated heterocycles. The maximum Gasteiger partial charge on any atom is 0.329 e. The molecular formula is C24H33Cl2F3N2O5. The van der Waals surface area contributed by atoms with Crippen molar-refractivity contribution < 1.29 is 37.0 Å². The molecule has 204 valence electrons. The van der Waals surface area contributed by atoms with E-state index in [2.05, 4.69) is 5.32 Å². The highest BCUT2D eigenvalue weighted by atomic mass is 35.5. The molecule has 7 nitrogen and oxygen atoms in total. The Labute approximate surface area is 219 Å². The zero-order valence-corrected chi connectivity index (χ0v) is 22.8. The van der Waals surface area contributed by atoms with Crippen LogP contribution in [0.5, 0.6) is 0 Å². The van der Waals surface area contributed by atoms with Crippen molar-refractivity contribution in [1.82, 2.24) is 5.32 Å². The number of ether oxygens (including phenoxy) is 2. The van der Waals surface area contributed by atoms with Crippen LogP contribution in [0.3, 0.4) is 0 Å². The van der Waals surface area contributed by atoms with Crippen LogP contribution in [0.1, 0.15) is 64.7 Å². The molecule has 12 heteroatoms. The summed E-state index contributed by atoms with van der Waals surface area (Å²) in [4.78, 5) is 38.7. The van der Waals surface area contributed by atoms with Gasteiger partial charge in [-0.15, -0.1) is 23.2 Å². The third kappa shape index (κ3) is 10.0. The van der Waals surface area contributed by atoms with E-state index >= 15 is 0 Å². The Hall–Kier alpha value is -2.20. The number of benzene rings is 1. The summed E-state index contributed by atoms with van der Waals surface area (Å²) in [5.74, 6) is -7.26. The average Bonchev–Trinajstić information content (AvgIpc) is 2.71. The standard InChI is InChI=1S/C24H33Cl2F3N2O5/c1-23(2,3)35-17(32)8-7-16(22(34)36-24(4,5)6)30-21(33)14-13-15(27)20(19(29)18(14)28)31(11-9-25)12-10-26/h13,16H,7-12H2,1-6H3,(H,30,33)/t16-/m0/s1. The van der Waals surface area contributed by atoms with Crippen LogP contribution in [-0.2, 0) is 19.1 Å². The van der Waals surface area contributed by atoms with Crippen molar-refractivity contribution in [3.63, 3.8) is 0 Å². The number of rotatable bonds is 11. The lowest BCUT2D eigenvalue weighted by Crippen LogP contribution is -2.45. The largest absolute Gasteiger partial charge is 0.460 e. The van der Waals surface area contributed by atoms with Gasteiger partial charge in [-0.1, -0.05) is 0 Å². The van der Waals surface area contributed by atoms with Crippen molar-refractivity contribution in [3.8, 4) is 0 Å². The van der Waals surface area contributed by atoms with Gasteiger partial charge in [-0.3, -0.25) is 9.59 Å². The van der Waals surface area contributed by atoms with Crippen molar-refractivity contribution in [2.24, 2.45) is 0 Å². The van der Waals surface area contributed by atoms with Gasteiger partial charge in [0.1, 0.15) is 22.9 Å². The lowest BCUT2D eigenvalue weighted by Gasteiger charge is -2.26. The first-order valence-electron chi connectivity index (χ1n) is 11.3. The van der Waals surface area contributed by atoms with Gasteiger partial charge >= 0.3 is 11.9 Å². The van der Waals surface area contributed by atoms with E-state index in [0.717, 1.165) is 4.90 Å². The molecule has 0 unspecified atom stereocenters. The van der Waals surface area contributed by atoms with Gasteiger partial charge in [0.2, 0.25) is 0 Å². The molecule has 1 rings (SSSR count). The molecule has 0 aromatic heterocycles. The number of hydrogen-bond acceptors (Lipinski definition) is 6.